The van der Waals surface area contributed by atoms with Crippen molar-refractivity contribution in [3.8, 4) is 5.75 Å². The van der Waals surface area contributed by atoms with Crippen LogP contribution in [-0.2, 0) is 4.79 Å². The highest BCUT2D eigenvalue weighted by molar-refractivity contribution is 6.37. The van der Waals surface area contributed by atoms with Gasteiger partial charge in [-0.05, 0) is 12.1 Å². The quantitative estimate of drug-likeness (QED) is 0.799. The Balaban J connectivity index is 2.93. The topological polar surface area (TPSA) is 49.3 Å². The zero-order valence-corrected chi connectivity index (χ0v) is 8.61. The van der Waals surface area contributed by atoms with Crippen molar-refractivity contribution in [3.63, 3.8) is 0 Å². The van der Waals surface area contributed by atoms with Crippen molar-refractivity contribution in [2.24, 2.45) is 0 Å². The number of amides is 1. The number of rotatable bonds is 2. The van der Waals surface area contributed by atoms with Gasteiger partial charge in [-0.2, -0.15) is 8.78 Å². The summed E-state index contributed by atoms with van der Waals surface area (Å²) in [6, 6.07) is 2.23. The van der Waals surface area contributed by atoms with Gasteiger partial charge in [-0.25, -0.2) is 0 Å². The molecule has 7 heteroatoms. The van der Waals surface area contributed by atoms with E-state index in [4.69, 9.17) is 28.3 Å². The summed E-state index contributed by atoms with van der Waals surface area (Å²) >= 11 is 11.0. The summed E-state index contributed by atoms with van der Waals surface area (Å²) in [4.78, 5) is 10.6. The molecule has 0 spiro atoms. The molecule has 1 aromatic carbocycles. The van der Waals surface area contributed by atoms with Crippen molar-refractivity contribution in [3.05, 3.63) is 22.2 Å². The van der Waals surface area contributed by atoms with Crippen LogP contribution in [0.3, 0.4) is 0 Å². The number of hydrogen-bond donors (Lipinski definition) is 2. The molecule has 0 aromatic heterocycles. The van der Waals surface area contributed by atoms with Crippen LogP contribution in [0.5, 0.6) is 5.75 Å². The van der Waals surface area contributed by atoms with E-state index in [0.29, 0.717) is 0 Å². The lowest BCUT2D eigenvalue weighted by Crippen LogP contribution is -2.19. The molecule has 82 valence electrons. The zero-order valence-electron chi connectivity index (χ0n) is 7.10. The highest BCUT2D eigenvalue weighted by Crippen LogP contribution is 2.34. The fourth-order valence-corrected chi connectivity index (χ4v) is 1.32. The van der Waals surface area contributed by atoms with Gasteiger partial charge in [-0.1, -0.05) is 23.2 Å². The molecule has 0 fully saturated rings. The molecule has 0 bridgehead atoms. The summed E-state index contributed by atoms with van der Waals surface area (Å²) in [5.41, 5.74) is -0.00639. The normalized spacial score (nSPS) is 10.5. The molecule has 15 heavy (non-hydrogen) atoms. The number of alkyl halides is 2. The second-order valence-corrected chi connectivity index (χ2v) is 3.39. The number of halogens is 4. The van der Waals surface area contributed by atoms with Crippen molar-refractivity contribution in [1.82, 2.24) is 0 Å². The predicted octanol–water partition coefficient (Wildman–Crippen LogP) is 2.90. The van der Waals surface area contributed by atoms with Crippen molar-refractivity contribution < 1.29 is 18.7 Å². The van der Waals surface area contributed by atoms with Crippen molar-refractivity contribution in [2.45, 2.75) is 6.43 Å². The number of phenolic OH excluding ortho intramolecular Hbond substituents is 1. The molecule has 0 heterocycles. The van der Waals surface area contributed by atoms with Crippen LogP contribution in [0.25, 0.3) is 0 Å². The maximum Gasteiger partial charge on any atom is 0.315 e. The Bertz CT molecular complexity index is 375. The summed E-state index contributed by atoms with van der Waals surface area (Å²) < 4.78 is 23.7. The van der Waals surface area contributed by atoms with E-state index in [1.54, 1.807) is 0 Å². The standard InChI is InChI=1S/C8H5Cl2F2NO2/c9-4-1-3(2-5(10)6(4)14)13-8(15)7(11)12/h1-2,7,14H,(H,13,15). The first kappa shape index (κ1) is 12.0. The maximum absolute atomic E-state index is 11.9. The molecule has 0 radical (unpaired) electrons. The molecule has 0 saturated carbocycles. The van der Waals surface area contributed by atoms with Gasteiger partial charge in [0.05, 0.1) is 10.0 Å². The van der Waals surface area contributed by atoms with E-state index in [2.05, 4.69) is 0 Å². The number of nitrogens with one attached hydrogen (secondary N) is 1. The minimum atomic E-state index is -3.13. The van der Waals surface area contributed by atoms with Crippen LogP contribution in [0, 0.1) is 0 Å². The third-order valence-electron chi connectivity index (χ3n) is 1.48. The second-order valence-electron chi connectivity index (χ2n) is 2.58. The van der Waals surface area contributed by atoms with E-state index in [1.165, 1.54) is 0 Å². The number of hydrogen-bond acceptors (Lipinski definition) is 2. The van der Waals surface area contributed by atoms with Gasteiger partial charge < -0.3 is 10.4 Å². The molecule has 0 unspecified atom stereocenters. The second kappa shape index (κ2) is 4.63. The smallest absolute Gasteiger partial charge is 0.315 e. The predicted molar refractivity (Wildman–Crippen MR) is 52.8 cm³/mol. The highest BCUT2D eigenvalue weighted by atomic mass is 35.5. The molecule has 0 aliphatic carbocycles. The average molecular weight is 256 g/mol. The molecule has 0 atom stereocenters. The van der Waals surface area contributed by atoms with E-state index in [1.807, 2.05) is 5.32 Å². The van der Waals surface area contributed by atoms with Gasteiger partial charge in [-0.3, -0.25) is 4.79 Å². The van der Waals surface area contributed by atoms with Gasteiger partial charge in [0.1, 0.15) is 0 Å². The number of aromatic hydroxyl groups is 1. The van der Waals surface area contributed by atoms with Crippen molar-refractivity contribution >= 4 is 34.8 Å². The molecule has 1 aromatic rings. The molecule has 1 amide bonds. The Morgan fingerprint density at radius 1 is 1.33 bits per heavy atom. The number of carbonyl (C=O) groups excluding carboxylic acids is 1. The minimum Gasteiger partial charge on any atom is -0.505 e. The summed E-state index contributed by atoms with van der Waals surface area (Å²) in [7, 11) is 0. The maximum atomic E-state index is 11.9. The molecule has 2 N–H and O–H groups in total. The summed E-state index contributed by atoms with van der Waals surface area (Å²) in [5.74, 6) is -1.83. The van der Waals surface area contributed by atoms with Gasteiger partial charge in [0, 0.05) is 5.69 Å². The molecule has 3 nitrogen and oxygen atoms in total. The Morgan fingerprint density at radius 3 is 2.20 bits per heavy atom. The van der Waals surface area contributed by atoms with Gasteiger partial charge in [0.25, 0.3) is 5.91 Å². The summed E-state index contributed by atoms with van der Waals surface area (Å²) in [6.45, 7) is 0. The SMILES string of the molecule is O=C(Nc1cc(Cl)c(O)c(Cl)c1)C(F)F. The van der Waals surface area contributed by atoms with Crippen LogP contribution in [0.1, 0.15) is 0 Å². The van der Waals surface area contributed by atoms with E-state index < -0.39 is 12.3 Å². The summed E-state index contributed by atoms with van der Waals surface area (Å²) in [5, 5.41) is 10.8. The fourth-order valence-electron chi connectivity index (χ4n) is 0.834. The lowest BCUT2D eigenvalue weighted by molar-refractivity contribution is -0.126. The number of phenols is 1. The first-order valence-electron chi connectivity index (χ1n) is 3.69. The lowest BCUT2D eigenvalue weighted by Gasteiger charge is -2.06. The van der Waals surface area contributed by atoms with Crippen molar-refractivity contribution in [2.75, 3.05) is 5.32 Å². The Hall–Kier alpha value is -1.07. The van der Waals surface area contributed by atoms with Crippen molar-refractivity contribution in [1.29, 1.82) is 0 Å². The molecule has 0 aliphatic heterocycles. The third kappa shape index (κ3) is 2.94. The van der Waals surface area contributed by atoms with Crippen LogP contribution in [0.4, 0.5) is 14.5 Å². The fraction of sp³-hybridized carbons (Fsp3) is 0.125. The molecule has 0 aliphatic rings. The summed E-state index contributed by atoms with van der Waals surface area (Å²) in [6.07, 6.45) is -3.13. The number of anilines is 1. The Labute approximate surface area is 93.6 Å². The van der Waals surface area contributed by atoms with E-state index >= 15 is 0 Å². The number of carbonyl (C=O) groups is 1. The Morgan fingerprint density at radius 2 is 1.80 bits per heavy atom. The zero-order chi connectivity index (χ0) is 11.6. The molecule has 1 rings (SSSR count). The van der Waals surface area contributed by atoms with E-state index in [9.17, 15) is 13.6 Å². The third-order valence-corrected chi connectivity index (χ3v) is 2.06. The highest BCUT2D eigenvalue weighted by Gasteiger charge is 2.16. The van der Waals surface area contributed by atoms with E-state index in [0.717, 1.165) is 12.1 Å². The monoisotopic (exact) mass is 255 g/mol. The Kier molecular flexibility index (Phi) is 3.71. The van der Waals surface area contributed by atoms with E-state index in [-0.39, 0.29) is 21.5 Å². The van der Waals surface area contributed by atoms with Crippen LogP contribution >= 0.6 is 23.2 Å². The first-order valence-corrected chi connectivity index (χ1v) is 4.44. The average Bonchev–Trinajstić information content (AvgIpc) is 2.13. The minimum absolute atomic E-state index is 0.00639. The van der Waals surface area contributed by atoms with Gasteiger partial charge in [-0.15, -0.1) is 0 Å². The van der Waals surface area contributed by atoms with Crippen LogP contribution in [0.15, 0.2) is 12.1 Å². The van der Waals surface area contributed by atoms with Gasteiger partial charge in [0.2, 0.25) is 0 Å². The van der Waals surface area contributed by atoms with Crippen LogP contribution < -0.4 is 5.32 Å². The largest absolute Gasteiger partial charge is 0.505 e. The molecule has 0 saturated heterocycles. The molecular formula is C8H5Cl2F2NO2. The first-order chi connectivity index (χ1) is 6.91. The van der Waals surface area contributed by atoms with Crippen LogP contribution in [0.2, 0.25) is 10.0 Å². The number of benzene rings is 1. The van der Waals surface area contributed by atoms with Crippen LogP contribution in [-0.4, -0.2) is 17.4 Å². The lowest BCUT2D eigenvalue weighted by atomic mass is 10.3. The van der Waals surface area contributed by atoms with Gasteiger partial charge >= 0.3 is 6.43 Å². The molecular weight excluding hydrogens is 251 g/mol. The van der Waals surface area contributed by atoms with Gasteiger partial charge in [0.15, 0.2) is 5.75 Å².